The zero-order valence-corrected chi connectivity index (χ0v) is 11.3. The van der Waals surface area contributed by atoms with Gasteiger partial charge < -0.3 is 9.84 Å². The van der Waals surface area contributed by atoms with Gasteiger partial charge in [0.15, 0.2) is 20.1 Å². The number of para-hydroxylation sites is 1. The molecule has 1 N–H and O–H groups in total. The summed E-state index contributed by atoms with van der Waals surface area (Å²) in [6, 6.07) is 8.17. The minimum atomic E-state index is -3.73. The minimum absolute atomic E-state index is 0.280. The number of aliphatic hydroxyl groups is 1. The molecule has 0 aliphatic heterocycles. The molecule has 1 rings (SSSR count). The van der Waals surface area contributed by atoms with Crippen LogP contribution in [0.1, 0.15) is 0 Å². The van der Waals surface area contributed by atoms with Crippen molar-refractivity contribution in [2.75, 3.05) is 6.26 Å². The molecule has 1 aromatic carbocycles. The molecule has 0 amide bonds. The topological polar surface area (TPSA) is 80.7 Å². The Morgan fingerprint density at radius 2 is 1.88 bits per heavy atom. The van der Waals surface area contributed by atoms with Crippen molar-refractivity contribution in [2.24, 2.45) is 0 Å². The van der Waals surface area contributed by atoms with E-state index in [1.807, 2.05) is 0 Å². The van der Waals surface area contributed by atoms with Crippen molar-refractivity contribution in [2.45, 2.75) is 10.3 Å². The van der Waals surface area contributed by atoms with E-state index in [4.69, 9.17) is 4.74 Å². The molecule has 0 aliphatic rings. The number of hydrogen-bond donors (Lipinski definition) is 1. The first-order valence-electron chi connectivity index (χ1n) is 4.60. The molecule has 0 aromatic heterocycles. The van der Waals surface area contributed by atoms with Crippen molar-refractivity contribution < 1.29 is 23.1 Å². The number of ether oxygens (including phenoxy) is 1. The van der Waals surface area contributed by atoms with Gasteiger partial charge in [0.05, 0.1) is 0 Å². The van der Waals surface area contributed by atoms with Crippen LogP contribution in [0.15, 0.2) is 30.3 Å². The highest BCUT2D eigenvalue weighted by Gasteiger charge is 2.33. The number of carbonyl (C=O) groups is 1. The standard InChI is InChI=1S/C10H11BrO5S/c1-17(14,15)10(13)8(11)9(12)16-7-5-3-2-4-6-7/h2-6,8,10,13H,1H3/t8-,10-/m1/s1. The molecule has 0 bridgehead atoms. The van der Waals surface area contributed by atoms with Gasteiger partial charge in [-0.05, 0) is 12.1 Å². The molecule has 0 fully saturated rings. The van der Waals surface area contributed by atoms with Crippen molar-refractivity contribution >= 4 is 31.7 Å². The summed E-state index contributed by atoms with van der Waals surface area (Å²) in [4.78, 5) is 10.2. The molecule has 2 atom stereocenters. The molecule has 0 spiro atoms. The lowest BCUT2D eigenvalue weighted by Gasteiger charge is -2.14. The van der Waals surface area contributed by atoms with Crippen LogP contribution < -0.4 is 4.74 Å². The lowest BCUT2D eigenvalue weighted by Crippen LogP contribution is -2.37. The smallest absolute Gasteiger partial charge is 0.328 e. The molecule has 0 heterocycles. The summed E-state index contributed by atoms with van der Waals surface area (Å²) in [5, 5.41) is 9.37. The number of halogens is 1. The third kappa shape index (κ3) is 4.10. The summed E-state index contributed by atoms with van der Waals surface area (Å²) < 4.78 is 27.0. The van der Waals surface area contributed by atoms with Gasteiger partial charge in [0.1, 0.15) is 5.75 Å². The number of sulfone groups is 1. The molecule has 0 unspecified atom stereocenters. The maximum absolute atomic E-state index is 11.5. The van der Waals surface area contributed by atoms with Crippen LogP contribution in [0, 0.1) is 0 Å². The van der Waals surface area contributed by atoms with E-state index in [9.17, 15) is 18.3 Å². The van der Waals surface area contributed by atoms with Crippen molar-refractivity contribution in [3.8, 4) is 5.75 Å². The fraction of sp³-hybridized carbons (Fsp3) is 0.300. The second kappa shape index (κ2) is 5.61. The van der Waals surface area contributed by atoms with E-state index in [1.54, 1.807) is 30.3 Å². The summed E-state index contributed by atoms with van der Waals surface area (Å²) >= 11 is 2.80. The highest BCUT2D eigenvalue weighted by atomic mass is 79.9. The molecule has 17 heavy (non-hydrogen) atoms. The van der Waals surface area contributed by atoms with E-state index >= 15 is 0 Å². The van der Waals surface area contributed by atoms with Crippen LogP contribution in [0.3, 0.4) is 0 Å². The van der Waals surface area contributed by atoms with Gasteiger partial charge in [-0.25, -0.2) is 8.42 Å². The Hall–Kier alpha value is -0.920. The number of esters is 1. The number of rotatable bonds is 4. The van der Waals surface area contributed by atoms with Gasteiger partial charge in [0.25, 0.3) is 0 Å². The van der Waals surface area contributed by atoms with Crippen molar-refractivity contribution in [3.05, 3.63) is 30.3 Å². The van der Waals surface area contributed by atoms with Crippen LogP contribution in [-0.2, 0) is 14.6 Å². The largest absolute Gasteiger partial charge is 0.426 e. The van der Waals surface area contributed by atoms with Crippen LogP contribution in [0.4, 0.5) is 0 Å². The minimum Gasteiger partial charge on any atom is -0.426 e. The van der Waals surface area contributed by atoms with Crippen LogP contribution in [0.2, 0.25) is 0 Å². The van der Waals surface area contributed by atoms with Crippen LogP contribution in [-0.4, -0.2) is 36.0 Å². The normalized spacial score (nSPS) is 15.0. The summed E-state index contributed by atoms with van der Waals surface area (Å²) in [6.45, 7) is 0. The molecular weight excluding hydrogens is 312 g/mol. The predicted molar refractivity (Wildman–Crippen MR) is 65.6 cm³/mol. The third-order valence-electron chi connectivity index (χ3n) is 1.88. The van der Waals surface area contributed by atoms with E-state index in [1.165, 1.54) is 0 Å². The van der Waals surface area contributed by atoms with Gasteiger partial charge in [0, 0.05) is 6.26 Å². The van der Waals surface area contributed by atoms with Crippen LogP contribution >= 0.6 is 15.9 Å². The monoisotopic (exact) mass is 322 g/mol. The van der Waals surface area contributed by atoms with E-state index in [0.29, 0.717) is 0 Å². The molecule has 0 radical (unpaired) electrons. The molecule has 0 aliphatic carbocycles. The number of carbonyl (C=O) groups excluding carboxylic acids is 1. The first kappa shape index (κ1) is 14.1. The summed E-state index contributed by atoms with van der Waals surface area (Å²) in [5.41, 5.74) is -1.83. The van der Waals surface area contributed by atoms with E-state index in [-0.39, 0.29) is 5.75 Å². The number of hydrogen-bond acceptors (Lipinski definition) is 5. The van der Waals surface area contributed by atoms with E-state index in [2.05, 4.69) is 15.9 Å². The lowest BCUT2D eigenvalue weighted by molar-refractivity contribution is -0.134. The highest BCUT2D eigenvalue weighted by Crippen LogP contribution is 2.16. The third-order valence-corrected chi connectivity index (χ3v) is 4.25. The average Bonchev–Trinajstić information content (AvgIpc) is 2.27. The van der Waals surface area contributed by atoms with Crippen molar-refractivity contribution in [3.63, 3.8) is 0 Å². The van der Waals surface area contributed by atoms with Gasteiger partial charge in [0.2, 0.25) is 0 Å². The van der Waals surface area contributed by atoms with E-state index in [0.717, 1.165) is 6.26 Å². The van der Waals surface area contributed by atoms with Crippen LogP contribution in [0.5, 0.6) is 5.75 Å². The fourth-order valence-corrected chi connectivity index (χ4v) is 2.81. The summed E-state index contributed by atoms with van der Waals surface area (Å²) in [5.74, 6) is -0.586. The Bertz CT molecular complexity index is 485. The van der Waals surface area contributed by atoms with Crippen molar-refractivity contribution in [1.82, 2.24) is 0 Å². The molecule has 94 valence electrons. The van der Waals surface area contributed by atoms with Gasteiger partial charge >= 0.3 is 5.97 Å². The average molecular weight is 323 g/mol. The first-order valence-corrected chi connectivity index (χ1v) is 7.47. The van der Waals surface area contributed by atoms with E-state index < -0.39 is 26.1 Å². The fourth-order valence-electron chi connectivity index (χ4n) is 0.994. The molecule has 1 aromatic rings. The molecule has 0 saturated heterocycles. The quantitative estimate of drug-likeness (QED) is 0.502. The predicted octanol–water partition coefficient (Wildman–Crippen LogP) is 0.719. The lowest BCUT2D eigenvalue weighted by atomic mass is 10.3. The van der Waals surface area contributed by atoms with Gasteiger partial charge in [-0.3, -0.25) is 4.79 Å². The Morgan fingerprint density at radius 3 is 2.35 bits per heavy atom. The summed E-state index contributed by atoms with van der Waals surface area (Å²) in [7, 11) is -3.73. The van der Waals surface area contributed by atoms with Crippen molar-refractivity contribution in [1.29, 1.82) is 0 Å². The molecular formula is C10H11BrO5S. The zero-order valence-electron chi connectivity index (χ0n) is 8.91. The Kier molecular flexibility index (Phi) is 4.67. The first-order chi connectivity index (χ1) is 7.82. The molecule has 7 heteroatoms. The highest BCUT2D eigenvalue weighted by molar-refractivity contribution is 9.10. The Labute approximate surface area is 107 Å². The van der Waals surface area contributed by atoms with Gasteiger partial charge in [-0.15, -0.1) is 0 Å². The van der Waals surface area contributed by atoms with Crippen LogP contribution in [0.25, 0.3) is 0 Å². The second-order valence-corrected chi connectivity index (χ2v) is 6.48. The number of alkyl halides is 1. The zero-order chi connectivity index (χ0) is 13.1. The van der Waals surface area contributed by atoms with Gasteiger partial charge in [-0.2, -0.15) is 0 Å². The maximum atomic E-state index is 11.5. The number of aliphatic hydroxyl groups excluding tert-OH is 1. The maximum Gasteiger partial charge on any atom is 0.328 e. The molecule has 0 saturated carbocycles. The SMILES string of the molecule is CS(=O)(=O)[C@@H](O)[C@H](Br)C(=O)Oc1ccccc1. The Balaban J connectivity index is 2.72. The Morgan fingerprint density at radius 1 is 1.35 bits per heavy atom. The second-order valence-electron chi connectivity index (χ2n) is 3.36. The molecule has 5 nitrogen and oxygen atoms in total. The van der Waals surface area contributed by atoms with Gasteiger partial charge in [-0.1, -0.05) is 34.1 Å². The number of benzene rings is 1. The summed E-state index contributed by atoms with van der Waals surface area (Å²) in [6.07, 6.45) is 0.835.